The largest absolute Gasteiger partial charge is 0.495 e. The maximum Gasteiger partial charge on any atom is 0.137 e. The van der Waals surface area contributed by atoms with E-state index in [0.29, 0.717) is 6.61 Å². The first-order chi connectivity index (χ1) is 8.31. The van der Waals surface area contributed by atoms with E-state index in [0.717, 1.165) is 30.9 Å². The fraction of sp³-hybridized carbons (Fsp3) is 0.615. The van der Waals surface area contributed by atoms with Crippen molar-refractivity contribution in [1.29, 1.82) is 0 Å². The van der Waals surface area contributed by atoms with Crippen LogP contribution >= 0.6 is 0 Å². The molecule has 4 heteroatoms. The lowest BCUT2D eigenvalue weighted by Gasteiger charge is -2.18. The summed E-state index contributed by atoms with van der Waals surface area (Å²) >= 11 is 0. The van der Waals surface area contributed by atoms with E-state index in [-0.39, 0.29) is 6.04 Å². The molecule has 96 valence electrons. The molecule has 0 spiro atoms. The Morgan fingerprint density at radius 3 is 2.82 bits per heavy atom. The lowest BCUT2D eigenvalue weighted by atomic mass is 10.1. The molecule has 1 rings (SSSR count). The molecule has 0 aliphatic heterocycles. The lowest BCUT2D eigenvalue weighted by Crippen LogP contribution is -2.26. The quantitative estimate of drug-likeness (QED) is 0.753. The summed E-state index contributed by atoms with van der Waals surface area (Å²) in [5.74, 6) is 0.780. The molecule has 4 nitrogen and oxygen atoms in total. The van der Waals surface area contributed by atoms with Gasteiger partial charge in [0.1, 0.15) is 5.75 Å². The van der Waals surface area contributed by atoms with Crippen LogP contribution in [0.5, 0.6) is 5.75 Å². The van der Waals surface area contributed by atoms with Gasteiger partial charge >= 0.3 is 0 Å². The van der Waals surface area contributed by atoms with Crippen molar-refractivity contribution in [2.24, 2.45) is 0 Å². The minimum atomic E-state index is 0.178. The van der Waals surface area contributed by atoms with Crippen LogP contribution in [-0.2, 0) is 4.74 Å². The van der Waals surface area contributed by atoms with Crippen molar-refractivity contribution in [2.45, 2.75) is 26.3 Å². The maximum atomic E-state index is 5.49. The number of aromatic nitrogens is 1. The molecule has 0 bridgehead atoms. The van der Waals surface area contributed by atoms with Crippen LogP contribution < -0.4 is 10.1 Å². The molecule has 1 N–H and O–H groups in total. The average molecular weight is 238 g/mol. The first kappa shape index (κ1) is 13.9. The Morgan fingerprint density at radius 2 is 2.18 bits per heavy atom. The second kappa shape index (κ2) is 8.03. The van der Waals surface area contributed by atoms with E-state index in [2.05, 4.69) is 17.2 Å². The van der Waals surface area contributed by atoms with Gasteiger partial charge in [0.15, 0.2) is 0 Å². The second-order valence-electron chi connectivity index (χ2n) is 3.82. The van der Waals surface area contributed by atoms with Crippen molar-refractivity contribution >= 4 is 0 Å². The molecule has 1 heterocycles. The molecule has 1 aromatic rings. The topological polar surface area (TPSA) is 43.4 Å². The highest BCUT2D eigenvalue weighted by atomic mass is 16.5. The van der Waals surface area contributed by atoms with Gasteiger partial charge in [0.25, 0.3) is 0 Å². The number of methoxy groups -OCH3 is 1. The molecule has 0 fully saturated rings. The molecule has 0 saturated heterocycles. The fourth-order valence-corrected chi connectivity index (χ4v) is 1.57. The number of hydrogen-bond donors (Lipinski definition) is 1. The monoisotopic (exact) mass is 238 g/mol. The number of pyridine rings is 1. The van der Waals surface area contributed by atoms with E-state index in [1.54, 1.807) is 13.3 Å². The minimum absolute atomic E-state index is 0.178. The van der Waals surface area contributed by atoms with Crippen molar-refractivity contribution in [3.05, 3.63) is 24.0 Å². The van der Waals surface area contributed by atoms with E-state index < -0.39 is 0 Å². The molecule has 1 aromatic heterocycles. The highest BCUT2D eigenvalue weighted by Crippen LogP contribution is 2.17. The summed E-state index contributed by atoms with van der Waals surface area (Å²) in [4.78, 5) is 4.17. The summed E-state index contributed by atoms with van der Waals surface area (Å²) in [6.45, 7) is 6.50. The molecule has 0 saturated carbocycles. The van der Waals surface area contributed by atoms with Gasteiger partial charge in [-0.1, -0.05) is 6.92 Å². The van der Waals surface area contributed by atoms with Crippen LogP contribution in [0.3, 0.4) is 0 Å². The third kappa shape index (κ3) is 4.71. The lowest BCUT2D eigenvalue weighted by molar-refractivity contribution is 0.123. The Hall–Kier alpha value is -1.13. The maximum absolute atomic E-state index is 5.49. The van der Waals surface area contributed by atoms with Crippen LogP contribution in [-0.4, -0.2) is 31.9 Å². The molecule has 0 radical (unpaired) electrons. The zero-order valence-electron chi connectivity index (χ0n) is 10.9. The molecule has 0 aliphatic rings. The Kier molecular flexibility index (Phi) is 6.58. The summed E-state index contributed by atoms with van der Waals surface area (Å²) in [6.07, 6.45) is 4.66. The second-order valence-corrected chi connectivity index (χ2v) is 3.82. The van der Waals surface area contributed by atoms with E-state index in [4.69, 9.17) is 9.47 Å². The minimum Gasteiger partial charge on any atom is -0.495 e. The zero-order chi connectivity index (χ0) is 12.5. The number of rotatable bonds is 8. The first-order valence-corrected chi connectivity index (χ1v) is 6.11. The number of nitrogens with zero attached hydrogens (tertiary/aromatic N) is 1. The van der Waals surface area contributed by atoms with Gasteiger partial charge in [-0.3, -0.25) is 4.98 Å². The molecule has 0 aromatic carbocycles. The van der Waals surface area contributed by atoms with Gasteiger partial charge in [-0.15, -0.1) is 0 Å². The molecule has 1 atom stereocenters. The standard InChI is InChI=1S/C13H22N2O2/c1-4-6-15-13(10-17-5-2)11-7-12(16-3)9-14-8-11/h7-9,13,15H,4-6,10H2,1-3H3. The van der Waals surface area contributed by atoms with Crippen LogP contribution in [0.15, 0.2) is 18.5 Å². The van der Waals surface area contributed by atoms with Crippen molar-refractivity contribution in [3.63, 3.8) is 0 Å². The zero-order valence-corrected chi connectivity index (χ0v) is 10.9. The fourth-order valence-electron chi connectivity index (χ4n) is 1.57. The predicted molar refractivity (Wildman–Crippen MR) is 68.3 cm³/mol. The molecule has 17 heavy (non-hydrogen) atoms. The van der Waals surface area contributed by atoms with Gasteiger partial charge in [0.05, 0.1) is 26.0 Å². The van der Waals surface area contributed by atoms with Crippen LogP contribution in [0.2, 0.25) is 0 Å². The Labute approximate surface area is 103 Å². The van der Waals surface area contributed by atoms with Gasteiger partial charge in [0, 0.05) is 12.8 Å². The Balaban J connectivity index is 2.71. The van der Waals surface area contributed by atoms with Crippen LogP contribution in [0, 0.1) is 0 Å². The van der Waals surface area contributed by atoms with Gasteiger partial charge in [-0.05, 0) is 31.5 Å². The summed E-state index contributed by atoms with van der Waals surface area (Å²) in [7, 11) is 1.65. The molecule has 0 amide bonds. The van der Waals surface area contributed by atoms with E-state index in [1.165, 1.54) is 0 Å². The van der Waals surface area contributed by atoms with Crippen molar-refractivity contribution < 1.29 is 9.47 Å². The van der Waals surface area contributed by atoms with E-state index in [9.17, 15) is 0 Å². The number of hydrogen-bond acceptors (Lipinski definition) is 4. The van der Waals surface area contributed by atoms with Gasteiger partial charge in [0.2, 0.25) is 0 Å². The summed E-state index contributed by atoms with van der Waals surface area (Å²) in [5.41, 5.74) is 1.10. The van der Waals surface area contributed by atoms with E-state index in [1.807, 2.05) is 19.2 Å². The van der Waals surface area contributed by atoms with Crippen LogP contribution in [0.4, 0.5) is 0 Å². The van der Waals surface area contributed by atoms with E-state index >= 15 is 0 Å². The van der Waals surface area contributed by atoms with Gasteiger partial charge in [-0.2, -0.15) is 0 Å². The Morgan fingerprint density at radius 1 is 1.35 bits per heavy atom. The highest BCUT2D eigenvalue weighted by molar-refractivity contribution is 5.26. The smallest absolute Gasteiger partial charge is 0.137 e. The predicted octanol–water partition coefficient (Wildman–Crippen LogP) is 2.17. The summed E-state index contributed by atoms with van der Waals surface area (Å²) < 4.78 is 10.7. The van der Waals surface area contributed by atoms with Gasteiger partial charge < -0.3 is 14.8 Å². The van der Waals surface area contributed by atoms with Crippen molar-refractivity contribution in [1.82, 2.24) is 10.3 Å². The third-order valence-electron chi connectivity index (χ3n) is 2.50. The first-order valence-electron chi connectivity index (χ1n) is 6.11. The molecular weight excluding hydrogens is 216 g/mol. The number of ether oxygens (including phenoxy) is 2. The molecular formula is C13H22N2O2. The summed E-state index contributed by atoms with van der Waals surface area (Å²) in [5, 5.41) is 3.45. The normalized spacial score (nSPS) is 12.4. The Bertz CT molecular complexity index is 310. The summed E-state index contributed by atoms with van der Waals surface area (Å²) in [6, 6.07) is 2.18. The SMILES string of the molecule is CCCNC(COCC)c1cncc(OC)c1. The van der Waals surface area contributed by atoms with Crippen LogP contribution in [0.25, 0.3) is 0 Å². The number of nitrogens with one attached hydrogen (secondary N) is 1. The van der Waals surface area contributed by atoms with Gasteiger partial charge in [-0.25, -0.2) is 0 Å². The highest BCUT2D eigenvalue weighted by Gasteiger charge is 2.11. The van der Waals surface area contributed by atoms with Crippen molar-refractivity contribution in [2.75, 3.05) is 26.9 Å². The molecule has 1 unspecified atom stereocenters. The van der Waals surface area contributed by atoms with Crippen molar-refractivity contribution in [3.8, 4) is 5.75 Å². The molecule has 0 aliphatic carbocycles. The van der Waals surface area contributed by atoms with Crippen LogP contribution in [0.1, 0.15) is 31.9 Å². The average Bonchev–Trinajstić information content (AvgIpc) is 2.39. The third-order valence-corrected chi connectivity index (χ3v) is 2.50.